The van der Waals surface area contributed by atoms with E-state index in [1.165, 1.54) is 4.31 Å². The van der Waals surface area contributed by atoms with Crippen molar-refractivity contribution in [2.45, 2.75) is 37.6 Å². The van der Waals surface area contributed by atoms with E-state index < -0.39 is 10.0 Å². The molecular formula is C11H18N6O2S. The number of aromatic nitrogens is 2. The Hall–Kier alpha value is -1.57. The zero-order chi connectivity index (χ0) is 14.9. The van der Waals surface area contributed by atoms with Crippen molar-refractivity contribution in [3.63, 3.8) is 0 Å². The zero-order valence-corrected chi connectivity index (χ0v) is 12.6. The van der Waals surface area contributed by atoms with Gasteiger partial charge in [0.15, 0.2) is 0 Å². The lowest BCUT2D eigenvalue weighted by atomic mass is 10.1. The summed E-state index contributed by atoms with van der Waals surface area (Å²) in [6, 6.07) is -0.291. The molecule has 0 radical (unpaired) electrons. The van der Waals surface area contributed by atoms with Crippen LogP contribution in [0.3, 0.4) is 0 Å². The minimum atomic E-state index is -3.59. The van der Waals surface area contributed by atoms with E-state index in [2.05, 4.69) is 15.1 Å². The first-order valence-electron chi connectivity index (χ1n) is 6.42. The molecule has 1 aliphatic heterocycles. The second-order valence-electron chi connectivity index (χ2n) is 4.99. The highest BCUT2D eigenvalue weighted by molar-refractivity contribution is 7.89. The Balaban J connectivity index is 2.37. The first-order valence-corrected chi connectivity index (χ1v) is 7.86. The molecule has 0 aliphatic carbocycles. The van der Waals surface area contributed by atoms with Crippen molar-refractivity contribution >= 4 is 10.0 Å². The van der Waals surface area contributed by atoms with Gasteiger partial charge in [-0.3, -0.25) is 4.68 Å². The quantitative estimate of drug-likeness (QED) is 0.479. The molecule has 0 aromatic carbocycles. The number of hydrogen-bond acceptors (Lipinski definition) is 4. The van der Waals surface area contributed by atoms with Crippen molar-refractivity contribution in [3.05, 3.63) is 21.8 Å². The molecule has 20 heavy (non-hydrogen) atoms. The van der Waals surface area contributed by atoms with Crippen molar-refractivity contribution in [2.24, 2.45) is 12.2 Å². The fraction of sp³-hybridized carbons (Fsp3) is 0.727. The highest BCUT2D eigenvalue weighted by Crippen LogP contribution is 2.26. The van der Waals surface area contributed by atoms with E-state index in [-0.39, 0.29) is 17.5 Å². The predicted molar refractivity (Wildman–Crippen MR) is 73.6 cm³/mol. The average molecular weight is 298 g/mol. The number of sulfonamides is 1. The molecule has 9 heteroatoms. The zero-order valence-electron chi connectivity index (χ0n) is 11.8. The van der Waals surface area contributed by atoms with E-state index in [0.717, 1.165) is 6.42 Å². The van der Waals surface area contributed by atoms with Crippen LogP contribution < -0.4 is 0 Å². The van der Waals surface area contributed by atoms with Crippen LogP contribution >= 0.6 is 0 Å². The maximum Gasteiger partial charge on any atom is 0.246 e. The molecule has 0 saturated carbocycles. The molecular weight excluding hydrogens is 280 g/mol. The van der Waals surface area contributed by atoms with E-state index in [9.17, 15) is 8.42 Å². The SMILES string of the molecule is Cc1nn(C)c(C)c1S(=O)(=O)N1CCCC(N=[N+]=[N-])C1. The summed E-state index contributed by atoms with van der Waals surface area (Å²) in [6.45, 7) is 4.12. The van der Waals surface area contributed by atoms with Gasteiger partial charge in [0.25, 0.3) is 0 Å². The van der Waals surface area contributed by atoms with Crippen LogP contribution in [0.25, 0.3) is 10.4 Å². The lowest BCUT2D eigenvalue weighted by Gasteiger charge is -2.29. The van der Waals surface area contributed by atoms with Gasteiger partial charge < -0.3 is 0 Å². The van der Waals surface area contributed by atoms with Crippen LogP contribution in [0.15, 0.2) is 10.0 Å². The Morgan fingerprint density at radius 1 is 1.45 bits per heavy atom. The minimum absolute atomic E-state index is 0.236. The van der Waals surface area contributed by atoms with E-state index >= 15 is 0 Å². The van der Waals surface area contributed by atoms with Crippen LogP contribution in [0.5, 0.6) is 0 Å². The molecule has 1 aromatic rings. The Morgan fingerprint density at radius 2 is 2.15 bits per heavy atom. The molecule has 0 spiro atoms. The third-order valence-electron chi connectivity index (χ3n) is 3.61. The van der Waals surface area contributed by atoms with Gasteiger partial charge >= 0.3 is 0 Å². The summed E-state index contributed by atoms with van der Waals surface area (Å²) in [5.74, 6) is 0. The molecule has 2 rings (SSSR count). The summed E-state index contributed by atoms with van der Waals surface area (Å²) in [4.78, 5) is 3.04. The van der Waals surface area contributed by atoms with Gasteiger partial charge in [0.05, 0.1) is 17.4 Å². The topological polar surface area (TPSA) is 104 Å². The van der Waals surface area contributed by atoms with Crippen molar-refractivity contribution in [2.75, 3.05) is 13.1 Å². The summed E-state index contributed by atoms with van der Waals surface area (Å²) in [5.41, 5.74) is 9.61. The number of piperidine rings is 1. The Kier molecular flexibility index (Phi) is 4.03. The smallest absolute Gasteiger partial charge is 0.246 e. The Morgan fingerprint density at radius 3 is 2.70 bits per heavy atom. The van der Waals surface area contributed by atoms with Gasteiger partial charge in [-0.25, -0.2) is 8.42 Å². The molecule has 2 heterocycles. The number of aryl methyl sites for hydroxylation is 2. The molecule has 0 bridgehead atoms. The maximum absolute atomic E-state index is 12.7. The van der Waals surface area contributed by atoms with Gasteiger partial charge in [0.1, 0.15) is 4.90 Å². The van der Waals surface area contributed by atoms with Crippen LogP contribution in [0.4, 0.5) is 0 Å². The van der Waals surface area contributed by atoms with Crippen molar-refractivity contribution in [1.29, 1.82) is 0 Å². The molecule has 110 valence electrons. The van der Waals surface area contributed by atoms with E-state index in [0.29, 0.717) is 24.4 Å². The van der Waals surface area contributed by atoms with Crippen LogP contribution in [0.2, 0.25) is 0 Å². The van der Waals surface area contributed by atoms with Crippen molar-refractivity contribution in [1.82, 2.24) is 14.1 Å². The molecule has 0 N–H and O–H groups in total. The summed E-state index contributed by atoms with van der Waals surface area (Å²) < 4.78 is 28.4. The van der Waals surface area contributed by atoms with Gasteiger partial charge in [-0.05, 0) is 32.2 Å². The summed E-state index contributed by atoms with van der Waals surface area (Å²) in [5, 5.41) is 7.80. The minimum Gasteiger partial charge on any atom is -0.271 e. The van der Waals surface area contributed by atoms with Crippen molar-refractivity contribution in [3.8, 4) is 0 Å². The molecule has 1 fully saturated rings. The van der Waals surface area contributed by atoms with Gasteiger partial charge in [-0.2, -0.15) is 9.40 Å². The predicted octanol–water partition coefficient (Wildman–Crippen LogP) is 1.50. The number of nitrogens with zero attached hydrogens (tertiary/aromatic N) is 6. The molecule has 1 aromatic heterocycles. The van der Waals surface area contributed by atoms with Crippen LogP contribution in [0.1, 0.15) is 24.2 Å². The van der Waals surface area contributed by atoms with E-state index in [1.807, 2.05) is 0 Å². The summed E-state index contributed by atoms with van der Waals surface area (Å²) in [6.07, 6.45) is 1.42. The van der Waals surface area contributed by atoms with Crippen LogP contribution in [0, 0.1) is 13.8 Å². The first-order chi connectivity index (χ1) is 9.37. The molecule has 1 atom stereocenters. The highest BCUT2D eigenvalue weighted by Gasteiger charge is 2.33. The fourth-order valence-corrected chi connectivity index (χ4v) is 4.48. The monoisotopic (exact) mass is 298 g/mol. The average Bonchev–Trinajstić information content (AvgIpc) is 2.64. The van der Waals surface area contributed by atoms with Gasteiger partial charge in [-0.15, -0.1) is 0 Å². The van der Waals surface area contributed by atoms with Crippen LogP contribution in [-0.2, 0) is 17.1 Å². The van der Waals surface area contributed by atoms with E-state index in [1.54, 1.807) is 25.6 Å². The molecule has 1 aliphatic rings. The standard InChI is InChI=1S/C11H18N6O2S/c1-8-11(9(2)16(3)14-8)20(18,19)17-6-4-5-10(7-17)13-15-12/h10H,4-7H2,1-3H3. The van der Waals surface area contributed by atoms with Crippen molar-refractivity contribution < 1.29 is 8.42 Å². The van der Waals surface area contributed by atoms with E-state index in [4.69, 9.17) is 5.53 Å². The summed E-state index contributed by atoms with van der Waals surface area (Å²) in [7, 11) is -1.86. The molecule has 1 saturated heterocycles. The lowest BCUT2D eigenvalue weighted by molar-refractivity contribution is 0.315. The van der Waals surface area contributed by atoms with Gasteiger partial charge in [0, 0.05) is 25.0 Å². The second kappa shape index (κ2) is 5.43. The first kappa shape index (κ1) is 14.8. The third-order valence-corrected chi connectivity index (χ3v) is 5.73. The Bertz CT molecular complexity index is 659. The number of hydrogen-bond donors (Lipinski definition) is 0. The number of azide groups is 1. The third kappa shape index (κ3) is 2.52. The van der Waals surface area contributed by atoms with Gasteiger partial charge in [0.2, 0.25) is 10.0 Å². The molecule has 0 amide bonds. The van der Waals surface area contributed by atoms with Gasteiger partial charge in [-0.1, -0.05) is 5.11 Å². The maximum atomic E-state index is 12.7. The highest BCUT2D eigenvalue weighted by atomic mass is 32.2. The second-order valence-corrected chi connectivity index (χ2v) is 6.86. The largest absolute Gasteiger partial charge is 0.271 e. The fourth-order valence-electron chi connectivity index (χ4n) is 2.56. The normalized spacial score (nSPS) is 20.6. The molecule has 1 unspecified atom stereocenters. The molecule has 8 nitrogen and oxygen atoms in total. The Labute approximate surface area is 118 Å². The number of rotatable bonds is 3. The lowest BCUT2D eigenvalue weighted by Crippen LogP contribution is -2.41. The van der Waals surface area contributed by atoms with Crippen LogP contribution in [-0.4, -0.2) is 41.6 Å². The summed E-state index contributed by atoms with van der Waals surface area (Å²) >= 11 is 0.